The van der Waals surface area contributed by atoms with Gasteiger partial charge in [0.1, 0.15) is 11.3 Å². The fraction of sp³-hybridized carbons (Fsp3) is 0.368. The third kappa shape index (κ3) is 2.80. The van der Waals surface area contributed by atoms with Crippen LogP contribution in [0.25, 0.3) is 0 Å². The molecule has 1 aliphatic heterocycles. The van der Waals surface area contributed by atoms with Gasteiger partial charge < -0.3 is 10.1 Å². The summed E-state index contributed by atoms with van der Waals surface area (Å²) in [6, 6.07) is 11.2. The minimum absolute atomic E-state index is 0.114. The maximum atomic E-state index is 13.0. The van der Waals surface area contributed by atoms with E-state index < -0.39 is 5.54 Å². The molecule has 0 radical (unpaired) electrons. The summed E-state index contributed by atoms with van der Waals surface area (Å²) in [5.74, 6) is 0.683. The number of para-hydroxylation sites is 1. The second kappa shape index (κ2) is 6.52. The predicted octanol–water partition coefficient (Wildman–Crippen LogP) is 3.30. The van der Waals surface area contributed by atoms with Crippen LogP contribution in [0.4, 0.5) is 4.79 Å². The molecular weight excluding hydrogens is 336 g/mol. The quantitative estimate of drug-likeness (QED) is 0.661. The molecule has 4 rings (SSSR count). The molecule has 5 nitrogen and oxygen atoms in total. The molecule has 1 N–H and O–H groups in total. The van der Waals surface area contributed by atoms with Gasteiger partial charge in [-0.15, -0.1) is 11.3 Å². The van der Waals surface area contributed by atoms with Crippen molar-refractivity contribution in [3.63, 3.8) is 0 Å². The summed E-state index contributed by atoms with van der Waals surface area (Å²) in [7, 11) is 0. The molecule has 2 heterocycles. The number of amides is 3. The van der Waals surface area contributed by atoms with Crippen LogP contribution < -0.4 is 10.1 Å². The number of rotatable bonds is 5. The van der Waals surface area contributed by atoms with Crippen LogP contribution in [0, 0.1) is 0 Å². The van der Waals surface area contributed by atoms with Gasteiger partial charge in [0.15, 0.2) is 0 Å². The third-order valence-electron chi connectivity index (χ3n) is 4.87. The van der Waals surface area contributed by atoms with E-state index in [2.05, 4.69) is 5.32 Å². The first-order valence-electron chi connectivity index (χ1n) is 8.59. The number of carbonyl (C=O) groups excluding carboxylic acids is 2. The van der Waals surface area contributed by atoms with E-state index in [9.17, 15) is 9.59 Å². The van der Waals surface area contributed by atoms with Crippen molar-refractivity contribution in [1.82, 2.24) is 10.2 Å². The van der Waals surface area contributed by atoms with Crippen LogP contribution in [-0.2, 0) is 16.8 Å². The van der Waals surface area contributed by atoms with E-state index in [0.717, 1.165) is 24.2 Å². The van der Waals surface area contributed by atoms with Gasteiger partial charge in [0.05, 0.1) is 6.61 Å². The van der Waals surface area contributed by atoms with E-state index in [-0.39, 0.29) is 11.9 Å². The number of benzene rings is 1. The summed E-state index contributed by atoms with van der Waals surface area (Å²) in [5, 5.41) is 4.98. The van der Waals surface area contributed by atoms with Crippen molar-refractivity contribution in [3.8, 4) is 5.75 Å². The first kappa shape index (κ1) is 16.1. The summed E-state index contributed by atoms with van der Waals surface area (Å²) in [6.45, 7) is 0.844. The predicted molar refractivity (Wildman–Crippen MR) is 95.7 cm³/mol. The molecule has 6 heteroatoms. The van der Waals surface area contributed by atoms with Gasteiger partial charge in [-0.3, -0.25) is 9.69 Å². The average molecular weight is 356 g/mol. The number of urea groups is 1. The standard InChI is InChI=1S/C19H20N2O3S/c22-17-19(10-4-8-16-15(19)9-13-25-16)20-18(23)21(17)11-5-12-24-14-6-2-1-3-7-14/h1-3,6-7,9,13H,4-5,8,10-12H2,(H,20,23)/t19-/m0/s1. The summed E-state index contributed by atoms with van der Waals surface area (Å²) < 4.78 is 5.65. The van der Waals surface area contributed by atoms with Crippen molar-refractivity contribution >= 4 is 23.3 Å². The molecule has 1 aromatic heterocycles. The van der Waals surface area contributed by atoms with Crippen LogP contribution in [0.2, 0.25) is 0 Å². The monoisotopic (exact) mass is 356 g/mol. The Morgan fingerprint density at radius 3 is 2.88 bits per heavy atom. The first-order chi connectivity index (χ1) is 12.2. The van der Waals surface area contributed by atoms with Crippen molar-refractivity contribution in [3.05, 3.63) is 52.2 Å². The van der Waals surface area contributed by atoms with Gasteiger partial charge in [-0.05, 0) is 49.3 Å². The Morgan fingerprint density at radius 2 is 2.04 bits per heavy atom. The Kier molecular flexibility index (Phi) is 4.21. The Morgan fingerprint density at radius 1 is 1.20 bits per heavy atom. The normalized spacial score (nSPS) is 22.2. The van der Waals surface area contributed by atoms with Crippen molar-refractivity contribution in [2.75, 3.05) is 13.2 Å². The topological polar surface area (TPSA) is 58.6 Å². The molecule has 1 saturated heterocycles. The molecule has 25 heavy (non-hydrogen) atoms. The van der Waals surface area contributed by atoms with Gasteiger partial charge in [-0.1, -0.05) is 18.2 Å². The van der Waals surface area contributed by atoms with Crippen LogP contribution >= 0.6 is 11.3 Å². The van der Waals surface area contributed by atoms with Crippen molar-refractivity contribution < 1.29 is 14.3 Å². The van der Waals surface area contributed by atoms with Crippen LogP contribution in [-0.4, -0.2) is 30.0 Å². The molecule has 1 atom stereocenters. The highest BCUT2D eigenvalue weighted by atomic mass is 32.1. The van der Waals surface area contributed by atoms with E-state index in [0.29, 0.717) is 26.0 Å². The summed E-state index contributed by atoms with van der Waals surface area (Å²) in [4.78, 5) is 28.0. The van der Waals surface area contributed by atoms with Crippen molar-refractivity contribution in [2.45, 2.75) is 31.2 Å². The van der Waals surface area contributed by atoms with E-state index in [4.69, 9.17) is 4.74 Å². The minimum atomic E-state index is -0.842. The number of ether oxygens (including phenoxy) is 1. The highest BCUT2D eigenvalue weighted by Crippen LogP contribution is 2.42. The number of hydrogen-bond donors (Lipinski definition) is 1. The first-order valence-corrected chi connectivity index (χ1v) is 9.47. The number of nitrogens with one attached hydrogen (secondary N) is 1. The second-order valence-electron chi connectivity index (χ2n) is 6.42. The molecule has 3 amide bonds. The number of thiophene rings is 1. The van der Waals surface area contributed by atoms with Crippen LogP contribution in [0.1, 0.15) is 29.7 Å². The Balaban J connectivity index is 1.41. The fourth-order valence-corrected chi connectivity index (χ4v) is 4.67. The molecule has 0 unspecified atom stereocenters. The summed E-state index contributed by atoms with van der Waals surface area (Å²) in [6.07, 6.45) is 3.20. The molecule has 1 spiro atoms. The number of imide groups is 1. The number of carbonyl (C=O) groups is 2. The molecule has 1 aliphatic carbocycles. The molecular formula is C19H20N2O3S. The second-order valence-corrected chi connectivity index (χ2v) is 7.42. The largest absolute Gasteiger partial charge is 0.494 e. The van der Waals surface area contributed by atoms with Crippen molar-refractivity contribution in [1.29, 1.82) is 0 Å². The van der Waals surface area contributed by atoms with E-state index in [1.807, 2.05) is 41.8 Å². The molecule has 130 valence electrons. The molecule has 0 saturated carbocycles. The Bertz CT molecular complexity index is 789. The maximum Gasteiger partial charge on any atom is 0.325 e. The van der Waals surface area contributed by atoms with Gasteiger partial charge in [0.2, 0.25) is 0 Å². The lowest BCUT2D eigenvalue weighted by Gasteiger charge is -2.31. The smallest absolute Gasteiger partial charge is 0.325 e. The van der Waals surface area contributed by atoms with E-state index in [1.54, 1.807) is 11.3 Å². The van der Waals surface area contributed by atoms with E-state index in [1.165, 1.54) is 9.78 Å². The average Bonchev–Trinajstić information content (AvgIpc) is 3.19. The Labute approximate surface area is 150 Å². The van der Waals surface area contributed by atoms with Gasteiger partial charge in [-0.2, -0.15) is 0 Å². The minimum Gasteiger partial charge on any atom is -0.494 e. The van der Waals surface area contributed by atoms with Crippen LogP contribution in [0.5, 0.6) is 5.75 Å². The van der Waals surface area contributed by atoms with Crippen LogP contribution in [0.15, 0.2) is 41.8 Å². The lowest BCUT2D eigenvalue weighted by Crippen LogP contribution is -2.46. The van der Waals surface area contributed by atoms with E-state index >= 15 is 0 Å². The third-order valence-corrected chi connectivity index (χ3v) is 5.86. The summed E-state index contributed by atoms with van der Waals surface area (Å²) in [5.41, 5.74) is 0.149. The van der Waals surface area contributed by atoms with Gasteiger partial charge in [-0.25, -0.2) is 4.79 Å². The van der Waals surface area contributed by atoms with Crippen molar-refractivity contribution in [2.24, 2.45) is 0 Å². The number of nitrogens with zero attached hydrogens (tertiary/aromatic N) is 1. The number of aryl methyl sites for hydroxylation is 1. The molecule has 1 aromatic carbocycles. The zero-order chi connectivity index (χ0) is 17.3. The number of fused-ring (bicyclic) bond motifs is 2. The Hall–Kier alpha value is -2.34. The fourth-order valence-electron chi connectivity index (χ4n) is 3.67. The SMILES string of the molecule is O=C1N[C@]2(CCCc3sccc32)C(=O)N1CCCOc1ccccc1. The lowest BCUT2D eigenvalue weighted by molar-refractivity contribution is -0.132. The highest BCUT2D eigenvalue weighted by molar-refractivity contribution is 7.10. The van der Waals surface area contributed by atoms with Gasteiger partial charge >= 0.3 is 6.03 Å². The van der Waals surface area contributed by atoms with Gasteiger partial charge in [0.25, 0.3) is 5.91 Å². The number of hydrogen-bond acceptors (Lipinski definition) is 4. The lowest BCUT2D eigenvalue weighted by atomic mass is 9.80. The zero-order valence-electron chi connectivity index (χ0n) is 13.9. The van der Waals surface area contributed by atoms with Gasteiger partial charge in [0, 0.05) is 17.0 Å². The maximum absolute atomic E-state index is 13.0. The molecule has 0 bridgehead atoms. The molecule has 2 aromatic rings. The molecule has 2 aliphatic rings. The zero-order valence-corrected chi connectivity index (χ0v) is 14.7. The molecule has 1 fully saturated rings. The van der Waals surface area contributed by atoms with Crippen LogP contribution in [0.3, 0.4) is 0 Å². The summed E-state index contributed by atoms with van der Waals surface area (Å²) >= 11 is 1.67. The highest BCUT2D eigenvalue weighted by Gasteiger charge is 2.54.